The second kappa shape index (κ2) is 5.19. The molecule has 0 bridgehead atoms. The first-order chi connectivity index (χ1) is 9.33. The molecule has 1 aliphatic rings. The van der Waals surface area contributed by atoms with Crippen LogP contribution < -0.4 is 4.74 Å². The Hall–Kier alpha value is -2.22. The quantitative estimate of drug-likeness (QED) is 0.904. The van der Waals surface area contributed by atoms with Crippen LogP contribution in [0.4, 0.5) is 0 Å². The van der Waals surface area contributed by atoms with Crippen molar-refractivity contribution in [1.29, 1.82) is 0 Å². The topological polar surface area (TPSA) is 29.5 Å². The van der Waals surface area contributed by atoms with Crippen LogP contribution in [0.2, 0.25) is 0 Å². The molecule has 0 radical (unpaired) electrons. The molecule has 2 aromatic rings. The molecule has 0 aromatic heterocycles. The molecular formula is C17H16O2. The third-order valence-electron chi connectivity index (χ3n) is 3.34. The highest BCUT2D eigenvalue weighted by Gasteiger charge is 2.14. The number of phenolic OH excluding ortho intramolecular Hbond substituents is 1. The van der Waals surface area contributed by atoms with E-state index in [0.29, 0.717) is 12.2 Å². The maximum atomic E-state index is 9.98. The SMILES string of the molecule is Oc1cc2c(cc1CC=Cc1ccccc1)OCC2. The van der Waals surface area contributed by atoms with Gasteiger partial charge in [-0.1, -0.05) is 42.5 Å². The first kappa shape index (κ1) is 11.8. The minimum atomic E-state index is 0.363. The molecular weight excluding hydrogens is 236 g/mol. The van der Waals surface area contributed by atoms with Crippen molar-refractivity contribution < 1.29 is 9.84 Å². The van der Waals surface area contributed by atoms with Crippen LogP contribution in [0.3, 0.4) is 0 Å². The summed E-state index contributed by atoms with van der Waals surface area (Å²) in [6.07, 6.45) is 5.72. The summed E-state index contributed by atoms with van der Waals surface area (Å²) < 4.78 is 5.52. The van der Waals surface area contributed by atoms with E-state index >= 15 is 0 Å². The number of phenols is 1. The Morgan fingerprint density at radius 1 is 1.16 bits per heavy atom. The van der Waals surface area contributed by atoms with E-state index in [1.54, 1.807) is 0 Å². The molecule has 0 amide bonds. The Morgan fingerprint density at radius 2 is 2.00 bits per heavy atom. The zero-order valence-corrected chi connectivity index (χ0v) is 10.7. The molecule has 2 heteroatoms. The molecule has 2 aromatic carbocycles. The van der Waals surface area contributed by atoms with Gasteiger partial charge in [0.2, 0.25) is 0 Å². The molecule has 96 valence electrons. The highest BCUT2D eigenvalue weighted by atomic mass is 16.5. The lowest BCUT2D eigenvalue weighted by Gasteiger charge is -2.05. The molecule has 2 nitrogen and oxygen atoms in total. The van der Waals surface area contributed by atoms with E-state index in [-0.39, 0.29) is 0 Å². The maximum absolute atomic E-state index is 9.98. The standard InChI is InChI=1S/C17H16O2/c18-16-11-15-9-10-19-17(15)12-14(16)8-4-7-13-5-2-1-3-6-13/h1-7,11-12,18H,8-10H2. The number of benzene rings is 2. The van der Waals surface area contributed by atoms with Crippen LogP contribution in [-0.4, -0.2) is 11.7 Å². The van der Waals surface area contributed by atoms with Crippen molar-refractivity contribution in [2.75, 3.05) is 6.61 Å². The third-order valence-corrected chi connectivity index (χ3v) is 3.34. The number of rotatable bonds is 3. The summed E-state index contributed by atoms with van der Waals surface area (Å²) in [5, 5.41) is 9.98. The Morgan fingerprint density at radius 3 is 2.84 bits per heavy atom. The number of aromatic hydroxyl groups is 1. The van der Waals surface area contributed by atoms with Gasteiger partial charge in [0.1, 0.15) is 11.5 Å². The number of ether oxygens (including phenoxy) is 1. The van der Waals surface area contributed by atoms with E-state index in [4.69, 9.17) is 4.74 Å². The fourth-order valence-corrected chi connectivity index (χ4v) is 2.30. The summed E-state index contributed by atoms with van der Waals surface area (Å²) in [6, 6.07) is 13.9. The van der Waals surface area contributed by atoms with Gasteiger partial charge in [-0.3, -0.25) is 0 Å². The van der Waals surface area contributed by atoms with Crippen molar-refractivity contribution in [2.24, 2.45) is 0 Å². The predicted octanol–water partition coefficient (Wildman–Crippen LogP) is 3.58. The summed E-state index contributed by atoms with van der Waals surface area (Å²) in [5.41, 5.74) is 3.18. The van der Waals surface area contributed by atoms with Gasteiger partial charge in [0.15, 0.2) is 0 Å². The normalized spacial score (nSPS) is 13.5. The van der Waals surface area contributed by atoms with E-state index in [0.717, 1.165) is 29.9 Å². The molecule has 1 heterocycles. The Kier molecular flexibility index (Phi) is 3.23. The van der Waals surface area contributed by atoms with Crippen LogP contribution in [0.1, 0.15) is 16.7 Å². The van der Waals surface area contributed by atoms with Crippen LogP contribution in [0.5, 0.6) is 11.5 Å². The van der Waals surface area contributed by atoms with Crippen molar-refractivity contribution >= 4 is 6.08 Å². The van der Waals surface area contributed by atoms with Crippen LogP contribution >= 0.6 is 0 Å². The van der Waals surface area contributed by atoms with Crippen LogP contribution in [0.25, 0.3) is 6.08 Å². The summed E-state index contributed by atoms with van der Waals surface area (Å²) in [5.74, 6) is 1.28. The number of hydrogen-bond acceptors (Lipinski definition) is 2. The van der Waals surface area contributed by atoms with Crippen molar-refractivity contribution in [2.45, 2.75) is 12.8 Å². The summed E-state index contributed by atoms with van der Waals surface area (Å²) in [6.45, 7) is 0.720. The highest BCUT2D eigenvalue weighted by Crippen LogP contribution is 2.32. The lowest BCUT2D eigenvalue weighted by Crippen LogP contribution is -1.87. The van der Waals surface area contributed by atoms with E-state index in [1.165, 1.54) is 5.56 Å². The van der Waals surface area contributed by atoms with Crippen molar-refractivity contribution in [3.05, 3.63) is 65.2 Å². The molecule has 0 saturated heterocycles. The van der Waals surface area contributed by atoms with Crippen LogP contribution in [0, 0.1) is 0 Å². The first-order valence-corrected chi connectivity index (χ1v) is 6.52. The van der Waals surface area contributed by atoms with Gasteiger partial charge < -0.3 is 9.84 Å². The number of hydrogen-bond donors (Lipinski definition) is 1. The smallest absolute Gasteiger partial charge is 0.123 e. The van der Waals surface area contributed by atoms with E-state index < -0.39 is 0 Å². The summed E-state index contributed by atoms with van der Waals surface area (Å²) in [4.78, 5) is 0. The van der Waals surface area contributed by atoms with Crippen molar-refractivity contribution in [3.8, 4) is 11.5 Å². The van der Waals surface area contributed by atoms with Gasteiger partial charge in [-0.15, -0.1) is 0 Å². The van der Waals surface area contributed by atoms with Gasteiger partial charge in [-0.2, -0.15) is 0 Å². The van der Waals surface area contributed by atoms with Crippen LogP contribution in [-0.2, 0) is 12.8 Å². The van der Waals surface area contributed by atoms with Crippen molar-refractivity contribution in [1.82, 2.24) is 0 Å². The Balaban J connectivity index is 1.75. The average molecular weight is 252 g/mol. The van der Waals surface area contributed by atoms with Gasteiger partial charge in [-0.05, 0) is 24.1 Å². The van der Waals surface area contributed by atoms with E-state index in [9.17, 15) is 5.11 Å². The molecule has 1 aliphatic heterocycles. The number of fused-ring (bicyclic) bond motifs is 1. The zero-order chi connectivity index (χ0) is 13.1. The minimum Gasteiger partial charge on any atom is -0.508 e. The first-order valence-electron chi connectivity index (χ1n) is 6.52. The van der Waals surface area contributed by atoms with E-state index in [1.807, 2.05) is 30.3 Å². The molecule has 0 unspecified atom stereocenters. The lowest BCUT2D eigenvalue weighted by atomic mass is 10.0. The molecule has 0 saturated carbocycles. The van der Waals surface area contributed by atoms with Crippen LogP contribution in [0.15, 0.2) is 48.5 Å². The summed E-state index contributed by atoms with van der Waals surface area (Å²) >= 11 is 0. The van der Waals surface area contributed by atoms with Gasteiger partial charge in [0.25, 0.3) is 0 Å². The second-order valence-corrected chi connectivity index (χ2v) is 4.70. The van der Waals surface area contributed by atoms with Gasteiger partial charge >= 0.3 is 0 Å². The molecule has 0 fully saturated rings. The minimum absolute atomic E-state index is 0.363. The Bertz CT molecular complexity index is 600. The van der Waals surface area contributed by atoms with Gasteiger partial charge in [-0.25, -0.2) is 0 Å². The molecule has 19 heavy (non-hydrogen) atoms. The van der Waals surface area contributed by atoms with Crippen molar-refractivity contribution in [3.63, 3.8) is 0 Å². The molecule has 3 rings (SSSR count). The second-order valence-electron chi connectivity index (χ2n) is 4.70. The van der Waals surface area contributed by atoms with Gasteiger partial charge in [0.05, 0.1) is 6.61 Å². The largest absolute Gasteiger partial charge is 0.508 e. The maximum Gasteiger partial charge on any atom is 0.123 e. The van der Waals surface area contributed by atoms with Gasteiger partial charge in [0, 0.05) is 17.5 Å². The van der Waals surface area contributed by atoms with E-state index in [2.05, 4.69) is 24.3 Å². The fourth-order valence-electron chi connectivity index (χ4n) is 2.30. The summed E-state index contributed by atoms with van der Waals surface area (Å²) in [7, 11) is 0. The molecule has 0 atom stereocenters. The third kappa shape index (κ3) is 2.63. The molecule has 1 N–H and O–H groups in total. The highest BCUT2D eigenvalue weighted by molar-refractivity contribution is 5.52. The number of allylic oxidation sites excluding steroid dienone is 1. The molecule has 0 spiro atoms. The predicted molar refractivity (Wildman–Crippen MR) is 76.5 cm³/mol. The Labute approximate surface area is 113 Å². The lowest BCUT2D eigenvalue weighted by molar-refractivity contribution is 0.356. The molecule has 0 aliphatic carbocycles. The fraction of sp³-hybridized carbons (Fsp3) is 0.176. The monoisotopic (exact) mass is 252 g/mol. The zero-order valence-electron chi connectivity index (χ0n) is 10.7. The average Bonchev–Trinajstić information content (AvgIpc) is 2.87.